The molecule has 156 valence electrons. The second-order valence-corrected chi connectivity index (χ2v) is 6.98. The highest BCUT2D eigenvalue weighted by molar-refractivity contribution is 6.12. The number of carbonyl (C=O) groups is 1. The molecular weight excluding hydrogens is 384 g/mol. The van der Waals surface area contributed by atoms with Crippen molar-refractivity contribution < 1.29 is 19.2 Å². The predicted molar refractivity (Wildman–Crippen MR) is 114 cm³/mol. The molecule has 0 aromatic heterocycles. The Labute approximate surface area is 175 Å². The van der Waals surface area contributed by atoms with Crippen LogP contribution in [0.1, 0.15) is 50.2 Å². The first-order valence-corrected chi connectivity index (χ1v) is 10.1. The minimum Gasteiger partial charge on any atom is -0.494 e. The number of nitro benzene ring substituents is 1. The van der Waals surface area contributed by atoms with Crippen molar-refractivity contribution in [1.29, 1.82) is 0 Å². The maximum absolute atomic E-state index is 12.1. The lowest BCUT2D eigenvalue weighted by Gasteiger charge is -2.07. The van der Waals surface area contributed by atoms with Gasteiger partial charge in [-0.25, -0.2) is 9.79 Å². The minimum absolute atomic E-state index is 0.0548. The summed E-state index contributed by atoms with van der Waals surface area (Å²) in [4.78, 5) is 26.8. The van der Waals surface area contributed by atoms with E-state index >= 15 is 0 Å². The fourth-order valence-electron chi connectivity index (χ4n) is 3.01. The van der Waals surface area contributed by atoms with Gasteiger partial charge in [0.25, 0.3) is 5.69 Å². The molecule has 3 rings (SSSR count). The standard InChI is InChI=1S/C23H24N2O5/c1-2-3-4-5-6-14-29-20-12-10-18(11-13-20)22-24-21(23(26)30-22)16-17-8-7-9-19(15-17)25(27)28/h7-13,15-16H,2-6,14H2,1H3. The largest absolute Gasteiger partial charge is 0.494 e. The Kier molecular flexibility index (Phi) is 7.32. The van der Waals surface area contributed by atoms with Gasteiger partial charge in [0.15, 0.2) is 5.70 Å². The molecule has 0 bridgehead atoms. The van der Waals surface area contributed by atoms with Crippen LogP contribution in [0.2, 0.25) is 0 Å². The average Bonchev–Trinajstić information content (AvgIpc) is 3.11. The second-order valence-electron chi connectivity index (χ2n) is 6.98. The highest BCUT2D eigenvalue weighted by Gasteiger charge is 2.24. The van der Waals surface area contributed by atoms with E-state index in [2.05, 4.69) is 11.9 Å². The highest BCUT2D eigenvalue weighted by Crippen LogP contribution is 2.22. The van der Waals surface area contributed by atoms with Crippen LogP contribution in [-0.2, 0) is 9.53 Å². The molecule has 2 aromatic carbocycles. The summed E-state index contributed by atoms with van der Waals surface area (Å²) in [7, 11) is 0. The zero-order valence-electron chi connectivity index (χ0n) is 16.9. The summed E-state index contributed by atoms with van der Waals surface area (Å²) in [6.07, 6.45) is 7.37. The van der Waals surface area contributed by atoms with E-state index in [4.69, 9.17) is 9.47 Å². The van der Waals surface area contributed by atoms with E-state index in [1.165, 1.54) is 43.9 Å². The van der Waals surface area contributed by atoms with Crippen molar-refractivity contribution in [2.24, 2.45) is 4.99 Å². The van der Waals surface area contributed by atoms with Crippen molar-refractivity contribution in [3.8, 4) is 5.75 Å². The summed E-state index contributed by atoms with van der Waals surface area (Å²) < 4.78 is 11.0. The Morgan fingerprint density at radius 2 is 1.87 bits per heavy atom. The Hall–Kier alpha value is -3.48. The number of cyclic esters (lactones) is 1. The molecule has 30 heavy (non-hydrogen) atoms. The number of hydrogen-bond donors (Lipinski definition) is 0. The zero-order chi connectivity index (χ0) is 21.3. The first-order valence-electron chi connectivity index (χ1n) is 10.1. The lowest BCUT2D eigenvalue weighted by molar-refractivity contribution is -0.384. The Morgan fingerprint density at radius 3 is 2.60 bits per heavy atom. The SMILES string of the molecule is CCCCCCCOc1ccc(C2=NC(=Cc3cccc([N+](=O)[O-])c3)C(=O)O2)cc1. The summed E-state index contributed by atoms with van der Waals surface area (Å²) in [6.45, 7) is 2.87. The van der Waals surface area contributed by atoms with E-state index in [0.717, 1.165) is 12.2 Å². The third kappa shape index (κ3) is 5.76. The zero-order valence-corrected chi connectivity index (χ0v) is 16.9. The van der Waals surface area contributed by atoms with Crippen LogP contribution in [0.25, 0.3) is 6.08 Å². The molecule has 1 aliphatic rings. The van der Waals surface area contributed by atoms with Gasteiger partial charge in [0, 0.05) is 17.7 Å². The molecule has 0 radical (unpaired) electrons. The molecular formula is C23H24N2O5. The smallest absolute Gasteiger partial charge is 0.363 e. The van der Waals surface area contributed by atoms with E-state index < -0.39 is 10.9 Å². The van der Waals surface area contributed by atoms with Gasteiger partial charge in [-0.2, -0.15) is 0 Å². The van der Waals surface area contributed by atoms with E-state index in [1.54, 1.807) is 24.3 Å². The lowest BCUT2D eigenvalue weighted by atomic mass is 10.1. The number of aliphatic imine (C=N–C) groups is 1. The van der Waals surface area contributed by atoms with Crippen LogP contribution in [0.15, 0.2) is 59.2 Å². The van der Waals surface area contributed by atoms with E-state index in [1.807, 2.05) is 12.1 Å². The number of unbranched alkanes of at least 4 members (excludes halogenated alkanes) is 4. The fraction of sp³-hybridized carbons (Fsp3) is 0.304. The van der Waals surface area contributed by atoms with Gasteiger partial charge in [-0.15, -0.1) is 0 Å². The first kappa shape index (κ1) is 21.2. The van der Waals surface area contributed by atoms with E-state index in [0.29, 0.717) is 17.7 Å². The topological polar surface area (TPSA) is 91.0 Å². The van der Waals surface area contributed by atoms with Gasteiger partial charge in [-0.1, -0.05) is 44.7 Å². The second kappa shape index (κ2) is 10.3. The predicted octanol–water partition coefficient (Wildman–Crippen LogP) is 5.29. The molecule has 0 unspecified atom stereocenters. The number of ether oxygens (including phenoxy) is 2. The van der Waals surface area contributed by atoms with Gasteiger partial charge >= 0.3 is 5.97 Å². The first-order chi connectivity index (χ1) is 14.6. The Morgan fingerprint density at radius 1 is 1.10 bits per heavy atom. The van der Waals surface area contributed by atoms with Gasteiger partial charge in [-0.3, -0.25) is 10.1 Å². The van der Waals surface area contributed by atoms with E-state index in [-0.39, 0.29) is 17.3 Å². The average molecular weight is 408 g/mol. The molecule has 0 amide bonds. The van der Waals surface area contributed by atoms with Gasteiger partial charge in [-0.05, 0) is 42.3 Å². The molecule has 0 N–H and O–H groups in total. The molecule has 0 fully saturated rings. The molecule has 0 spiro atoms. The number of non-ortho nitro benzene ring substituents is 1. The number of carbonyl (C=O) groups excluding carboxylic acids is 1. The maximum atomic E-state index is 12.1. The highest BCUT2D eigenvalue weighted by atomic mass is 16.6. The van der Waals surface area contributed by atoms with Gasteiger partial charge in [0.1, 0.15) is 5.75 Å². The van der Waals surface area contributed by atoms with Crippen molar-refractivity contribution in [3.63, 3.8) is 0 Å². The number of hydrogen-bond acceptors (Lipinski definition) is 6. The van der Waals surface area contributed by atoms with Crippen LogP contribution in [0.5, 0.6) is 5.75 Å². The lowest BCUT2D eigenvalue weighted by Crippen LogP contribution is -2.05. The summed E-state index contributed by atoms with van der Waals surface area (Å²) in [5.41, 5.74) is 1.20. The molecule has 0 atom stereocenters. The molecule has 1 aliphatic heterocycles. The quantitative estimate of drug-likeness (QED) is 0.175. The van der Waals surface area contributed by atoms with Crippen molar-refractivity contribution in [1.82, 2.24) is 0 Å². The number of nitro groups is 1. The van der Waals surface area contributed by atoms with Crippen LogP contribution >= 0.6 is 0 Å². The molecule has 7 nitrogen and oxygen atoms in total. The number of esters is 1. The third-order valence-electron chi connectivity index (χ3n) is 4.62. The molecule has 0 saturated heterocycles. The number of rotatable bonds is 10. The normalized spacial score (nSPS) is 14.5. The van der Waals surface area contributed by atoms with Crippen LogP contribution < -0.4 is 4.74 Å². The Bertz CT molecular complexity index is 964. The molecule has 0 saturated carbocycles. The molecule has 0 aliphatic carbocycles. The van der Waals surface area contributed by atoms with Crippen molar-refractivity contribution >= 4 is 23.6 Å². The maximum Gasteiger partial charge on any atom is 0.363 e. The van der Waals surface area contributed by atoms with Gasteiger partial charge < -0.3 is 9.47 Å². The fourth-order valence-corrected chi connectivity index (χ4v) is 3.01. The van der Waals surface area contributed by atoms with Crippen molar-refractivity contribution in [2.75, 3.05) is 6.61 Å². The monoisotopic (exact) mass is 408 g/mol. The molecule has 1 heterocycles. The molecule has 2 aromatic rings. The van der Waals surface area contributed by atoms with Crippen LogP contribution in [0.3, 0.4) is 0 Å². The minimum atomic E-state index is -0.594. The van der Waals surface area contributed by atoms with Crippen molar-refractivity contribution in [3.05, 3.63) is 75.5 Å². The summed E-state index contributed by atoms with van der Waals surface area (Å²) in [6, 6.07) is 13.2. The molecule has 7 heteroatoms. The van der Waals surface area contributed by atoms with E-state index in [9.17, 15) is 14.9 Å². The Balaban J connectivity index is 1.63. The van der Waals surface area contributed by atoms with Gasteiger partial charge in [0.2, 0.25) is 5.90 Å². The number of nitrogens with zero attached hydrogens (tertiary/aromatic N) is 2. The van der Waals surface area contributed by atoms with Crippen molar-refractivity contribution in [2.45, 2.75) is 39.0 Å². The summed E-state index contributed by atoms with van der Waals surface area (Å²) >= 11 is 0. The van der Waals surface area contributed by atoms with Gasteiger partial charge in [0.05, 0.1) is 11.5 Å². The van der Waals surface area contributed by atoms with Crippen LogP contribution in [0, 0.1) is 10.1 Å². The summed E-state index contributed by atoms with van der Waals surface area (Å²) in [5.74, 6) is 0.359. The van der Waals surface area contributed by atoms with Crippen LogP contribution in [-0.4, -0.2) is 23.4 Å². The number of benzene rings is 2. The third-order valence-corrected chi connectivity index (χ3v) is 4.62. The van der Waals surface area contributed by atoms with Crippen LogP contribution in [0.4, 0.5) is 5.69 Å². The summed E-state index contributed by atoms with van der Waals surface area (Å²) in [5, 5.41) is 10.9.